The predicted molar refractivity (Wildman–Crippen MR) is 89.2 cm³/mol. The average molecular weight is 341 g/mol. The van der Waals surface area contributed by atoms with Gasteiger partial charge in [-0.1, -0.05) is 0 Å². The highest BCUT2D eigenvalue weighted by atomic mass is 16.2. The first-order valence-electron chi connectivity index (χ1n) is 8.67. The number of nitrogens with zero attached hydrogens (tertiary/aromatic N) is 2. The molecule has 0 spiro atoms. The largest absolute Gasteiger partial charge is 0.372 e. The summed E-state index contributed by atoms with van der Waals surface area (Å²) in [7, 11) is 0. The first kappa shape index (κ1) is 15.8. The number of hydrogen-bond acceptors (Lipinski definition) is 5. The summed E-state index contributed by atoms with van der Waals surface area (Å²) >= 11 is 0. The second-order valence-corrected chi connectivity index (χ2v) is 6.72. The second kappa shape index (κ2) is 5.98. The lowest BCUT2D eigenvalue weighted by Gasteiger charge is -2.29. The molecule has 1 aromatic carbocycles. The van der Waals surface area contributed by atoms with Crippen LogP contribution in [0.5, 0.6) is 0 Å². The van der Waals surface area contributed by atoms with Gasteiger partial charge < -0.3 is 4.90 Å². The number of carbonyl (C=O) groups excluding carboxylic acids is 4. The van der Waals surface area contributed by atoms with Crippen molar-refractivity contribution in [3.8, 4) is 0 Å². The minimum atomic E-state index is -0.913. The lowest BCUT2D eigenvalue weighted by atomic mass is 10.0. The molecule has 3 heterocycles. The van der Waals surface area contributed by atoms with Crippen molar-refractivity contribution in [2.45, 2.75) is 38.1 Å². The SMILES string of the molecule is O=C1CCC(N2C(=O)c3ccc(N4CCCCC4)cc3C2=O)C(=O)N1. The van der Waals surface area contributed by atoms with Gasteiger partial charge in [0.25, 0.3) is 11.8 Å². The van der Waals surface area contributed by atoms with Gasteiger partial charge in [-0.05, 0) is 43.9 Å². The highest BCUT2D eigenvalue weighted by molar-refractivity contribution is 6.23. The third-order valence-electron chi connectivity index (χ3n) is 5.14. The van der Waals surface area contributed by atoms with Crippen molar-refractivity contribution >= 4 is 29.3 Å². The van der Waals surface area contributed by atoms with Gasteiger partial charge in [-0.15, -0.1) is 0 Å². The molecule has 0 aromatic heterocycles. The van der Waals surface area contributed by atoms with Crippen LogP contribution in [-0.4, -0.2) is 47.7 Å². The van der Waals surface area contributed by atoms with E-state index in [1.54, 1.807) is 12.1 Å². The molecule has 4 amide bonds. The maximum Gasteiger partial charge on any atom is 0.262 e. The van der Waals surface area contributed by atoms with Gasteiger partial charge >= 0.3 is 0 Å². The van der Waals surface area contributed by atoms with Crippen LogP contribution in [0.4, 0.5) is 5.69 Å². The molecule has 3 aliphatic heterocycles. The molecule has 1 unspecified atom stereocenters. The van der Waals surface area contributed by atoms with E-state index in [1.165, 1.54) is 6.42 Å². The van der Waals surface area contributed by atoms with Gasteiger partial charge in [-0.25, -0.2) is 0 Å². The first-order chi connectivity index (χ1) is 12.1. The summed E-state index contributed by atoms with van der Waals surface area (Å²) in [4.78, 5) is 52.0. The number of fused-ring (bicyclic) bond motifs is 1. The molecule has 1 atom stereocenters. The smallest absolute Gasteiger partial charge is 0.262 e. The summed E-state index contributed by atoms with van der Waals surface area (Å²) in [6.07, 6.45) is 3.75. The van der Waals surface area contributed by atoms with Gasteiger partial charge in [0, 0.05) is 25.2 Å². The maximum absolute atomic E-state index is 12.8. The van der Waals surface area contributed by atoms with Crippen LogP contribution in [0.1, 0.15) is 52.8 Å². The molecule has 2 fully saturated rings. The summed E-state index contributed by atoms with van der Waals surface area (Å²) in [6.45, 7) is 1.88. The molecule has 25 heavy (non-hydrogen) atoms. The number of hydrogen-bond donors (Lipinski definition) is 1. The molecule has 3 aliphatic rings. The molecule has 0 bridgehead atoms. The monoisotopic (exact) mass is 341 g/mol. The first-order valence-corrected chi connectivity index (χ1v) is 8.67. The number of rotatable bonds is 2. The Morgan fingerprint density at radius 1 is 0.920 bits per heavy atom. The number of carbonyl (C=O) groups is 4. The normalized spacial score (nSPS) is 23.8. The van der Waals surface area contributed by atoms with Crippen LogP contribution in [0.2, 0.25) is 0 Å². The van der Waals surface area contributed by atoms with Crippen molar-refractivity contribution in [2.75, 3.05) is 18.0 Å². The Morgan fingerprint density at radius 2 is 1.64 bits per heavy atom. The fourth-order valence-corrected chi connectivity index (χ4v) is 3.81. The standard InChI is InChI=1S/C18H19N3O4/c22-15-7-6-14(16(23)19-15)21-17(24)12-5-4-11(10-13(12)18(21)25)20-8-2-1-3-9-20/h4-5,10,14H,1-3,6-9H2,(H,19,22,23). The Balaban J connectivity index is 1.63. The zero-order valence-electron chi connectivity index (χ0n) is 13.8. The van der Waals surface area contributed by atoms with Gasteiger partial charge in [0.05, 0.1) is 11.1 Å². The number of piperidine rings is 2. The topological polar surface area (TPSA) is 86.8 Å². The van der Waals surface area contributed by atoms with Crippen LogP contribution in [0.15, 0.2) is 18.2 Å². The molecular weight excluding hydrogens is 322 g/mol. The van der Waals surface area contributed by atoms with Crippen molar-refractivity contribution in [3.63, 3.8) is 0 Å². The number of amides is 4. The van der Waals surface area contributed by atoms with Crippen LogP contribution < -0.4 is 10.2 Å². The highest BCUT2D eigenvalue weighted by Gasteiger charge is 2.44. The van der Waals surface area contributed by atoms with E-state index in [0.29, 0.717) is 11.1 Å². The molecule has 7 nitrogen and oxygen atoms in total. The van der Waals surface area contributed by atoms with Crippen LogP contribution in [0.25, 0.3) is 0 Å². The Kier molecular flexibility index (Phi) is 3.78. The number of benzene rings is 1. The molecule has 1 N–H and O–H groups in total. The van der Waals surface area contributed by atoms with Crippen molar-refractivity contribution in [2.24, 2.45) is 0 Å². The highest BCUT2D eigenvalue weighted by Crippen LogP contribution is 2.31. The summed E-state index contributed by atoms with van der Waals surface area (Å²) in [5, 5.41) is 2.21. The average Bonchev–Trinajstić information content (AvgIpc) is 2.87. The van der Waals surface area contributed by atoms with Gasteiger partial charge in [0.1, 0.15) is 6.04 Å². The van der Waals surface area contributed by atoms with Crippen molar-refractivity contribution < 1.29 is 19.2 Å². The quantitative estimate of drug-likeness (QED) is 0.814. The summed E-state index contributed by atoms with van der Waals surface area (Å²) in [6, 6.07) is 4.38. The molecule has 0 radical (unpaired) electrons. The van der Waals surface area contributed by atoms with Crippen molar-refractivity contribution in [1.82, 2.24) is 10.2 Å². The fourth-order valence-electron chi connectivity index (χ4n) is 3.81. The van der Waals surface area contributed by atoms with E-state index < -0.39 is 23.8 Å². The zero-order valence-corrected chi connectivity index (χ0v) is 13.8. The summed E-state index contributed by atoms with van der Waals surface area (Å²) < 4.78 is 0. The van der Waals surface area contributed by atoms with E-state index in [9.17, 15) is 19.2 Å². The maximum atomic E-state index is 12.8. The summed E-state index contributed by atoms with van der Waals surface area (Å²) in [5.74, 6) is -1.86. The fraction of sp³-hybridized carbons (Fsp3) is 0.444. The van der Waals surface area contributed by atoms with E-state index in [4.69, 9.17) is 0 Å². The second-order valence-electron chi connectivity index (χ2n) is 6.72. The third kappa shape index (κ3) is 2.59. The Bertz CT molecular complexity index is 783. The van der Waals surface area contributed by atoms with Gasteiger partial charge in [-0.2, -0.15) is 0 Å². The lowest BCUT2D eigenvalue weighted by molar-refractivity contribution is -0.136. The minimum absolute atomic E-state index is 0.128. The van der Waals surface area contributed by atoms with Gasteiger partial charge in [0.15, 0.2) is 0 Å². The Morgan fingerprint density at radius 3 is 2.36 bits per heavy atom. The molecule has 0 aliphatic carbocycles. The lowest BCUT2D eigenvalue weighted by Crippen LogP contribution is -2.54. The van der Waals surface area contributed by atoms with E-state index in [-0.39, 0.29) is 18.7 Å². The molecule has 130 valence electrons. The predicted octanol–water partition coefficient (Wildman–Crippen LogP) is 1.08. The molecule has 1 aromatic rings. The zero-order chi connectivity index (χ0) is 17.6. The van der Waals surface area contributed by atoms with Crippen LogP contribution in [-0.2, 0) is 9.59 Å². The molecule has 0 saturated carbocycles. The molecule has 2 saturated heterocycles. The molecular formula is C18H19N3O4. The molecule has 7 heteroatoms. The van der Waals surface area contributed by atoms with Crippen LogP contribution in [0.3, 0.4) is 0 Å². The number of anilines is 1. The van der Waals surface area contributed by atoms with E-state index in [2.05, 4.69) is 10.2 Å². The van der Waals surface area contributed by atoms with Gasteiger partial charge in [-0.3, -0.25) is 29.4 Å². The van der Waals surface area contributed by atoms with E-state index in [1.807, 2.05) is 6.07 Å². The van der Waals surface area contributed by atoms with Crippen LogP contribution in [0, 0.1) is 0 Å². The summed E-state index contributed by atoms with van der Waals surface area (Å²) in [5.41, 5.74) is 1.61. The van der Waals surface area contributed by atoms with Crippen molar-refractivity contribution in [1.29, 1.82) is 0 Å². The van der Waals surface area contributed by atoms with Crippen LogP contribution >= 0.6 is 0 Å². The molecule has 4 rings (SSSR count). The Hall–Kier alpha value is -2.70. The minimum Gasteiger partial charge on any atom is -0.372 e. The van der Waals surface area contributed by atoms with E-state index in [0.717, 1.165) is 36.5 Å². The number of imide groups is 2. The van der Waals surface area contributed by atoms with Crippen molar-refractivity contribution in [3.05, 3.63) is 29.3 Å². The number of nitrogens with one attached hydrogen (secondary N) is 1. The van der Waals surface area contributed by atoms with E-state index >= 15 is 0 Å². The Labute approximate surface area is 145 Å². The third-order valence-corrected chi connectivity index (χ3v) is 5.14. The van der Waals surface area contributed by atoms with Gasteiger partial charge in [0.2, 0.25) is 11.8 Å².